The monoisotopic (exact) mass is 566 g/mol. The molecule has 35 heavy (non-hydrogen) atoms. The first kappa shape index (κ1) is 24.9. The van der Waals surface area contributed by atoms with Crippen molar-refractivity contribution in [1.29, 1.82) is 0 Å². The van der Waals surface area contributed by atoms with E-state index in [1.54, 1.807) is 12.3 Å². The summed E-state index contributed by atoms with van der Waals surface area (Å²) in [5, 5.41) is 4.41. The molecule has 0 radical (unpaired) electrons. The summed E-state index contributed by atoms with van der Waals surface area (Å²) >= 11 is 2.22. The summed E-state index contributed by atoms with van der Waals surface area (Å²) in [5.74, 6) is 0.884. The molecule has 1 fully saturated rings. The van der Waals surface area contributed by atoms with Gasteiger partial charge in [-0.05, 0) is 80.6 Å². The molecule has 1 N–H and O–H groups in total. The van der Waals surface area contributed by atoms with Gasteiger partial charge in [-0.25, -0.2) is 18.3 Å². The highest BCUT2D eigenvalue weighted by molar-refractivity contribution is 9.10. The van der Waals surface area contributed by atoms with E-state index in [-0.39, 0.29) is 17.0 Å². The van der Waals surface area contributed by atoms with E-state index in [0.29, 0.717) is 6.42 Å². The number of fused-ring (bicyclic) bond motifs is 2. The van der Waals surface area contributed by atoms with Gasteiger partial charge in [0.05, 0.1) is 17.9 Å². The van der Waals surface area contributed by atoms with Crippen molar-refractivity contribution in [3.63, 3.8) is 0 Å². The molecule has 1 aliphatic heterocycles. The zero-order chi connectivity index (χ0) is 25.1. The van der Waals surface area contributed by atoms with Gasteiger partial charge >= 0.3 is 0 Å². The fourth-order valence-corrected chi connectivity index (χ4v) is 6.50. The van der Waals surface area contributed by atoms with Crippen LogP contribution in [0.2, 0.25) is 0 Å². The number of alkyl halides is 2. The summed E-state index contributed by atoms with van der Waals surface area (Å²) in [4.78, 5) is 11.5. The Morgan fingerprint density at radius 2 is 2.00 bits per heavy atom. The third-order valence-corrected chi connectivity index (χ3v) is 9.66. The Morgan fingerprint density at radius 3 is 2.66 bits per heavy atom. The van der Waals surface area contributed by atoms with Crippen LogP contribution in [0.1, 0.15) is 68.6 Å². The molecule has 1 aliphatic carbocycles. The van der Waals surface area contributed by atoms with Gasteiger partial charge in [0.2, 0.25) is 0 Å². The molecular weight excluding hydrogens is 538 g/mol. The lowest BCUT2D eigenvalue weighted by molar-refractivity contribution is 0.150. The topological polar surface area (TPSA) is 81.4 Å². The van der Waals surface area contributed by atoms with E-state index in [1.807, 2.05) is 38.3 Å². The molecule has 0 bridgehead atoms. The van der Waals surface area contributed by atoms with Crippen LogP contribution in [-0.2, 0) is 17.8 Å². The summed E-state index contributed by atoms with van der Waals surface area (Å²) in [6, 6.07) is 3.20. The van der Waals surface area contributed by atoms with Crippen molar-refractivity contribution in [3.8, 4) is 0 Å². The number of rotatable bonds is 4. The van der Waals surface area contributed by atoms with Crippen molar-refractivity contribution in [3.05, 3.63) is 51.6 Å². The fourth-order valence-electron chi connectivity index (χ4n) is 5.19. The Bertz CT molecular complexity index is 1250. The quantitative estimate of drug-likeness (QED) is 0.444. The molecule has 0 saturated carbocycles. The van der Waals surface area contributed by atoms with Crippen molar-refractivity contribution in [2.75, 3.05) is 18.0 Å². The van der Waals surface area contributed by atoms with E-state index in [9.17, 15) is 13.3 Å². The number of hydrogen-bond donors (Lipinski definition) is 1. The lowest BCUT2D eigenvalue weighted by atomic mass is 9.73. The second-order valence-corrected chi connectivity index (χ2v) is 13.3. The molecule has 5 rings (SSSR count). The molecule has 0 amide bonds. The van der Waals surface area contributed by atoms with Crippen LogP contribution in [0.25, 0.3) is 5.52 Å². The second-order valence-electron chi connectivity index (χ2n) is 10.5. The summed E-state index contributed by atoms with van der Waals surface area (Å²) in [6.45, 7) is 9.16. The maximum atomic E-state index is 13.5. The third-order valence-electron chi connectivity index (χ3n) is 7.19. The van der Waals surface area contributed by atoms with Crippen molar-refractivity contribution in [2.24, 2.45) is 5.41 Å². The summed E-state index contributed by atoms with van der Waals surface area (Å²) < 4.78 is 45.7. The zero-order valence-electron chi connectivity index (χ0n) is 20.2. The van der Waals surface area contributed by atoms with Gasteiger partial charge in [-0.1, -0.05) is 0 Å². The van der Waals surface area contributed by atoms with E-state index in [0.717, 1.165) is 58.8 Å². The van der Waals surface area contributed by atoms with E-state index in [4.69, 9.17) is 4.98 Å². The van der Waals surface area contributed by atoms with Crippen LogP contribution >= 0.6 is 15.9 Å². The van der Waals surface area contributed by atoms with Crippen LogP contribution in [0, 0.1) is 12.3 Å². The van der Waals surface area contributed by atoms with Gasteiger partial charge < -0.3 is 9.45 Å². The molecular formula is C24H29BrF2N6OS. The number of nitrogens with zero attached hydrogens (tertiary/aromatic N) is 5. The highest BCUT2D eigenvalue weighted by Crippen LogP contribution is 2.53. The van der Waals surface area contributed by atoms with Crippen LogP contribution in [0.4, 0.5) is 14.6 Å². The standard InChI is InChI=1S/C24H29BrF2N6OS/c1-14-20(25)33-18(5-8-29-33)22(30-14)32-9-6-24(7-10-32)12-17-16(11-15(13-28-17)21(26)27)19(24)31-35(34)23(2,3)4/h5,8,11,13,19,21,31H,6-7,9-10,12H2,1-4H3/t19-,35?/m0/s1. The molecule has 188 valence electrons. The third kappa shape index (κ3) is 4.34. The van der Waals surface area contributed by atoms with E-state index in [2.05, 4.69) is 35.6 Å². The van der Waals surface area contributed by atoms with Gasteiger partial charge in [0.1, 0.15) is 14.9 Å². The Balaban J connectivity index is 1.46. The first-order valence-corrected chi connectivity index (χ1v) is 13.6. The Morgan fingerprint density at radius 1 is 1.29 bits per heavy atom. The van der Waals surface area contributed by atoms with Crippen LogP contribution in [0.3, 0.4) is 0 Å². The number of aryl methyl sites for hydroxylation is 1. The number of halogens is 3. The van der Waals surface area contributed by atoms with Crippen molar-refractivity contribution < 1.29 is 13.3 Å². The number of hydrogen-bond acceptors (Lipinski definition) is 6. The molecule has 11 heteroatoms. The first-order chi connectivity index (χ1) is 16.5. The molecule has 1 unspecified atom stereocenters. The summed E-state index contributed by atoms with van der Waals surface area (Å²) in [5.41, 5.74) is 3.01. The van der Waals surface area contributed by atoms with Crippen LogP contribution in [-0.4, -0.2) is 42.0 Å². The predicted molar refractivity (Wildman–Crippen MR) is 136 cm³/mol. The Hall–Kier alpha value is -1.82. The van der Waals surface area contributed by atoms with Gasteiger partial charge in [0.15, 0.2) is 5.82 Å². The maximum Gasteiger partial charge on any atom is 0.265 e. The van der Waals surface area contributed by atoms with E-state index in [1.165, 1.54) is 6.20 Å². The molecule has 4 heterocycles. The highest BCUT2D eigenvalue weighted by Gasteiger charge is 2.51. The molecule has 2 aliphatic rings. The van der Waals surface area contributed by atoms with Crippen molar-refractivity contribution in [1.82, 2.24) is 24.3 Å². The summed E-state index contributed by atoms with van der Waals surface area (Å²) in [7, 11) is 0. The minimum absolute atomic E-state index is 0.0933. The maximum absolute atomic E-state index is 13.5. The minimum Gasteiger partial charge on any atom is -0.598 e. The SMILES string of the molecule is Cc1nc(N2CCC3(CC2)Cc2ncc(C(F)F)cc2[C@@H]3N[S+]([O-])C(C)(C)C)c2ccnn2c1Br. The van der Waals surface area contributed by atoms with Gasteiger partial charge in [-0.2, -0.15) is 5.10 Å². The fraction of sp³-hybridized carbons (Fsp3) is 0.542. The average molecular weight is 568 g/mol. The molecule has 7 nitrogen and oxygen atoms in total. The normalized spacial score (nSPS) is 20.7. The molecule has 3 aromatic rings. The van der Waals surface area contributed by atoms with Crippen LogP contribution in [0.15, 0.2) is 29.1 Å². The first-order valence-electron chi connectivity index (χ1n) is 11.7. The largest absolute Gasteiger partial charge is 0.598 e. The molecule has 0 aromatic carbocycles. The number of anilines is 1. The average Bonchev–Trinajstić information content (AvgIpc) is 3.40. The second kappa shape index (κ2) is 8.93. The minimum atomic E-state index is -2.59. The van der Waals surface area contributed by atoms with Crippen LogP contribution < -0.4 is 9.62 Å². The predicted octanol–water partition coefficient (Wildman–Crippen LogP) is 5.07. The van der Waals surface area contributed by atoms with Crippen molar-refractivity contribution >= 4 is 38.6 Å². The zero-order valence-corrected chi connectivity index (χ0v) is 22.6. The lowest BCUT2D eigenvalue weighted by Crippen LogP contribution is -2.50. The van der Waals surface area contributed by atoms with Gasteiger partial charge in [-0.3, -0.25) is 4.98 Å². The van der Waals surface area contributed by atoms with Gasteiger partial charge in [0, 0.05) is 47.3 Å². The molecule has 1 saturated heterocycles. The van der Waals surface area contributed by atoms with E-state index >= 15 is 0 Å². The van der Waals surface area contributed by atoms with Crippen molar-refractivity contribution in [2.45, 2.75) is 64.2 Å². The molecule has 1 spiro atoms. The van der Waals surface area contributed by atoms with Gasteiger partial charge in [0.25, 0.3) is 6.43 Å². The highest BCUT2D eigenvalue weighted by atomic mass is 79.9. The van der Waals surface area contributed by atoms with Crippen LogP contribution in [0.5, 0.6) is 0 Å². The lowest BCUT2D eigenvalue weighted by Gasteiger charge is -2.44. The number of pyridine rings is 1. The number of nitrogens with one attached hydrogen (secondary N) is 1. The van der Waals surface area contributed by atoms with Gasteiger partial charge in [-0.15, -0.1) is 4.72 Å². The van der Waals surface area contributed by atoms with E-state index < -0.39 is 22.5 Å². The summed E-state index contributed by atoms with van der Waals surface area (Å²) in [6.07, 6.45) is 2.71. The number of aromatic nitrogens is 4. The smallest absolute Gasteiger partial charge is 0.265 e. The Kier molecular flexibility index (Phi) is 6.34. The Labute approximate surface area is 215 Å². The number of piperidine rings is 1. The molecule has 2 atom stereocenters. The molecule has 3 aromatic heterocycles.